The van der Waals surface area contributed by atoms with Crippen LogP contribution in [0.5, 0.6) is 0 Å². The smallest absolute Gasteiger partial charge is 0.138 e. The minimum atomic E-state index is -0.102. The average Bonchev–Trinajstić information content (AvgIpc) is 3.01. The van der Waals surface area contributed by atoms with E-state index in [-0.39, 0.29) is 5.41 Å². The molecule has 182 valence electrons. The highest BCUT2D eigenvalue weighted by atomic mass is 16.1. The third-order valence-electron chi connectivity index (χ3n) is 12.5. The summed E-state index contributed by atoms with van der Waals surface area (Å²) < 4.78 is 0. The highest BCUT2D eigenvalue weighted by Gasteiger charge is 2.69. The van der Waals surface area contributed by atoms with Gasteiger partial charge in [0.25, 0.3) is 0 Å². The average molecular weight is 441 g/mol. The van der Waals surface area contributed by atoms with Gasteiger partial charge >= 0.3 is 0 Å². The van der Waals surface area contributed by atoms with E-state index in [9.17, 15) is 4.79 Å². The fourth-order valence-electron chi connectivity index (χ4n) is 10.4. The second-order valence-corrected chi connectivity index (χ2v) is 13.9. The molecule has 0 spiro atoms. The van der Waals surface area contributed by atoms with Crippen LogP contribution in [0.1, 0.15) is 126 Å². The standard InChI is InChI=1S/C31H52O/c1-9-31-20-19-29(7)23(22(4)12-10-11-21(2)3)17-18-30(29,8)26(31)15-13-24-25(31)14-16-27(32)28(24,5)6/h11,22-26H,9-10,12-20H2,1-8H3/t22?,23?,24?,25?,26-,29+,30?,31-/m0/s1. The third-order valence-corrected chi connectivity index (χ3v) is 12.5. The van der Waals surface area contributed by atoms with Crippen molar-refractivity contribution in [3.63, 3.8) is 0 Å². The number of fused-ring (bicyclic) bond motifs is 5. The fraction of sp³-hybridized carbons (Fsp3) is 0.903. The molecule has 4 aliphatic rings. The Hall–Kier alpha value is -0.590. The molecule has 0 radical (unpaired) electrons. The minimum Gasteiger partial charge on any atom is -0.299 e. The van der Waals surface area contributed by atoms with Crippen LogP contribution in [0.4, 0.5) is 0 Å². The van der Waals surface area contributed by atoms with Crippen molar-refractivity contribution in [3.05, 3.63) is 11.6 Å². The Bertz CT molecular complexity index is 756. The maximum atomic E-state index is 12.9. The van der Waals surface area contributed by atoms with Gasteiger partial charge in [0.2, 0.25) is 0 Å². The van der Waals surface area contributed by atoms with E-state index in [0.717, 1.165) is 30.1 Å². The molecule has 0 aromatic heterocycles. The Balaban J connectivity index is 1.63. The van der Waals surface area contributed by atoms with E-state index in [2.05, 4.69) is 61.5 Å². The van der Waals surface area contributed by atoms with Crippen LogP contribution in [-0.4, -0.2) is 5.78 Å². The lowest BCUT2D eigenvalue weighted by atomic mass is 9.36. The second-order valence-electron chi connectivity index (χ2n) is 13.9. The van der Waals surface area contributed by atoms with E-state index in [0.29, 0.717) is 27.9 Å². The highest BCUT2D eigenvalue weighted by Crippen LogP contribution is 2.76. The summed E-state index contributed by atoms with van der Waals surface area (Å²) in [5.74, 6) is 4.51. The minimum absolute atomic E-state index is 0.102. The molecule has 4 fully saturated rings. The Morgan fingerprint density at radius 2 is 1.69 bits per heavy atom. The van der Waals surface area contributed by atoms with Gasteiger partial charge in [-0.3, -0.25) is 4.79 Å². The largest absolute Gasteiger partial charge is 0.299 e. The van der Waals surface area contributed by atoms with E-state index < -0.39 is 0 Å². The van der Waals surface area contributed by atoms with Crippen molar-refractivity contribution < 1.29 is 4.79 Å². The predicted molar refractivity (Wildman–Crippen MR) is 136 cm³/mol. The number of Topliss-reactive ketones (excluding diaryl/α,β-unsaturated/α-hetero) is 1. The van der Waals surface area contributed by atoms with E-state index >= 15 is 0 Å². The van der Waals surface area contributed by atoms with Gasteiger partial charge in [-0.1, -0.05) is 53.2 Å². The number of rotatable bonds is 5. The first kappa shape index (κ1) is 24.5. The van der Waals surface area contributed by atoms with Crippen molar-refractivity contribution in [2.24, 2.45) is 51.2 Å². The molecule has 0 heterocycles. The Labute approximate surface area is 199 Å². The van der Waals surface area contributed by atoms with Gasteiger partial charge < -0.3 is 0 Å². The maximum Gasteiger partial charge on any atom is 0.138 e. The van der Waals surface area contributed by atoms with Crippen molar-refractivity contribution in [1.29, 1.82) is 0 Å². The van der Waals surface area contributed by atoms with Crippen molar-refractivity contribution in [2.75, 3.05) is 0 Å². The number of hydrogen-bond donors (Lipinski definition) is 0. The summed E-state index contributed by atoms with van der Waals surface area (Å²) in [5, 5.41) is 0. The number of ketones is 1. The second kappa shape index (κ2) is 8.27. The number of allylic oxidation sites excluding steroid dienone is 2. The van der Waals surface area contributed by atoms with E-state index in [1.54, 1.807) is 0 Å². The lowest BCUT2D eigenvalue weighted by Crippen LogP contribution is -2.62. The van der Waals surface area contributed by atoms with Crippen LogP contribution in [0, 0.1) is 51.2 Å². The van der Waals surface area contributed by atoms with Crippen molar-refractivity contribution in [2.45, 2.75) is 126 Å². The molecule has 0 saturated heterocycles. The number of carbonyl (C=O) groups excluding carboxylic acids is 1. The first-order valence-electron chi connectivity index (χ1n) is 14.1. The van der Waals surface area contributed by atoms with E-state index in [4.69, 9.17) is 0 Å². The van der Waals surface area contributed by atoms with Gasteiger partial charge in [0.05, 0.1) is 0 Å². The third kappa shape index (κ3) is 3.33. The van der Waals surface area contributed by atoms with Crippen molar-refractivity contribution in [3.8, 4) is 0 Å². The zero-order valence-electron chi connectivity index (χ0n) is 22.7. The number of hydrogen-bond acceptors (Lipinski definition) is 1. The van der Waals surface area contributed by atoms with Gasteiger partial charge in [-0.15, -0.1) is 0 Å². The molecule has 0 aromatic rings. The molecule has 4 saturated carbocycles. The van der Waals surface area contributed by atoms with Crippen LogP contribution in [0.15, 0.2) is 11.6 Å². The van der Waals surface area contributed by atoms with Gasteiger partial charge in [0.15, 0.2) is 0 Å². The summed E-state index contributed by atoms with van der Waals surface area (Å²) in [6.07, 6.45) is 16.8. The van der Waals surface area contributed by atoms with Crippen LogP contribution < -0.4 is 0 Å². The molecule has 4 aliphatic carbocycles. The molecular formula is C31H52O. The maximum absolute atomic E-state index is 12.9. The topological polar surface area (TPSA) is 17.1 Å². The molecule has 32 heavy (non-hydrogen) atoms. The summed E-state index contributed by atoms with van der Waals surface area (Å²) in [5.41, 5.74) is 2.82. The molecule has 1 heteroatoms. The molecule has 0 aromatic carbocycles. The van der Waals surface area contributed by atoms with Crippen LogP contribution in [0.25, 0.3) is 0 Å². The normalized spacial score (nSPS) is 46.1. The quantitative estimate of drug-likeness (QED) is 0.390. The highest BCUT2D eigenvalue weighted by molar-refractivity contribution is 5.85. The Morgan fingerprint density at radius 1 is 0.969 bits per heavy atom. The first-order valence-corrected chi connectivity index (χ1v) is 14.1. The zero-order valence-corrected chi connectivity index (χ0v) is 22.7. The summed E-state index contributed by atoms with van der Waals surface area (Å²) in [4.78, 5) is 12.9. The van der Waals surface area contributed by atoms with Gasteiger partial charge in [0, 0.05) is 11.8 Å². The summed E-state index contributed by atoms with van der Waals surface area (Å²) >= 11 is 0. The molecule has 0 N–H and O–H groups in total. The van der Waals surface area contributed by atoms with Crippen LogP contribution in [0.3, 0.4) is 0 Å². The van der Waals surface area contributed by atoms with Gasteiger partial charge in [-0.25, -0.2) is 0 Å². The summed E-state index contributed by atoms with van der Waals surface area (Å²) in [7, 11) is 0. The Kier molecular flexibility index (Phi) is 6.34. The molecule has 4 rings (SSSR count). The molecular weight excluding hydrogens is 388 g/mol. The van der Waals surface area contributed by atoms with Crippen LogP contribution >= 0.6 is 0 Å². The zero-order chi connectivity index (χ0) is 23.5. The van der Waals surface area contributed by atoms with E-state index in [1.165, 1.54) is 69.8 Å². The first-order chi connectivity index (χ1) is 14.9. The van der Waals surface area contributed by atoms with E-state index in [1.807, 2.05) is 0 Å². The van der Waals surface area contributed by atoms with Gasteiger partial charge in [0.1, 0.15) is 5.78 Å². The SMILES string of the molecule is CC[C@@]12CC[C@]3(C)C(C(C)CCC=C(C)C)CCC3(C)[C@@H]1CCC1C2CCC(=O)C1(C)C. The van der Waals surface area contributed by atoms with Crippen molar-refractivity contribution >= 4 is 5.78 Å². The summed E-state index contributed by atoms with van der Waals surface area (Å²) in [6, 6.07) is 0. The van der Waals surface area contributed by atoms with Crippen LogP contribution in [0.2, 0.25) is 0 Å². The lowest BCUT2D eigenvalue weighted by molar-refractivity contribution is -0.197. The fourth-order valence-corrected chi connectivity index (χ4v) is 10.4. The molecule has 8 atom stereocenters. The molecule has 0 amide bonds. The molecule has 5 unspecified atom stereocenters. The van der Waals surface area contributed by atoms with Gasteiger partial charge in [-0.05, 0) is 124 Å². The van der Waals surface area contributed by atoms with Crippen molar-refractivity contribution in [1.82, 2.24) is 0 Å². The summed E-state index contributed by atoms with van der Waals surface area (Å²) in [6.45, 7) is 19.5. The monoisotopic (exact) mass is 440 g/mol. The van der Waals surface area contributed by atoms with Crippen LogP contribution in [-0.2, 0) is 4.79 Å². The predicted octanol–water partition coefficient (Wildman–Crippen LogP) is 9.01. The molecule has 0 aliphatic heterocycles. The number of carbonyl (C=O) groups is 1. The molecule has 1 nitrogen and oxygen atoms in total. The molecule has 0 bridgehead atoms. The van der Waals surface area contributed by atoms with Gasteiger partial charge in [-0.2, -0.15) is 0 Å². The lowest BCUT2D eigenvalue weighted by Gasteiger charge is -2.68. The Morgan fingerprint density at radius 3 is 2.34 bits per heavy atom.